The first kappa shape index (κ1) is 17.9. The Labute approximate surface area is 162 Å². The molecule has 3 aromatic rings. The Morgan fingerprint density at radius 1 is 1.22 bits per heavy atom. The normalized spacial score (nSPS) is 17.7. The maximum atomic E-state index is 12.4. The van der Waals surface area contributed by atoms with Gasteiger partial charge in [-0.15, -0.1) is 10.2 Å². The molecule has 1 amide bonds. The molecular weight excluding hydrogens is 360 g/mol. The highest BCUT2D eigenvalue weighted by Gasteiger charge is 2.27. The van der Waals surface area contributed by atoms with E-state index in [1.165, 1.54) is 17.8 Å². The van der Waals surface area contributed by atoms with Crippen LogP contribution in [-0.2, 0) is 6.54 Å². The predicted molar refractivity (Wildman–Crippen MR) is 105 cm³/mol. The standard InChI is InChI=1S/C20H22N4O2S/c1-14-10-11-17(26-14)16-9-5-6-12-24(16)13-18-22-23-20(27-18)19(25)21-15-7-3-2-4-8-15/h2-4,7-8,10-11,16H,5-6,9,12-13H2,1H3,(H,21,25). The number of nitrogens with zero attached hydrogens (tertiary/aromatic N) is 3. The number of hydrogen-bond acceptors (Lipinski definition) is 6. The molecule has 7 heteroatoms. The third-order valence-corrected chi connectivity index (χ3v) is 5.64. The number of anilines is 1. The summed E-state index contributed by atoms with van der Waals surface area (Å²) in [7, 11) is 0. The van der Waals surface area contributed by atoms with E-state index in [1.54, 1.807) is 0 Å². The summed E-state index contributed by atoms with van der Waals surface area (Å²) in [4.78, 5) is 14.8. The fourth-order valence-electron chi connectivity index (χ4n) is 3.42. The number of aryl methyl sites for hydroxylation is 1. The van der Waals surface area contributed by atoms with Crippen LogP contribution in [-0.4, -0.2) is 27.5 Å². The van der Waals surface area contributed by atoms with Gasteiger partial charge in [0, 0.05) is 5.69 Å². The van der Waals surface area contributed by atoms with E-state index < -0.39 is 0 Å². The van der Waals surface area contributed by atoms with Gasteiger partial charge in [0.2, 0.25) is 5.01 Å². The van der Waals surface area contributed by atoms with Crippen LogP contribution in [0.5, 0.6) is 0 Å². The first-order valence-corrected chi connectivity index (χ1v) is 10.00. The van der Waals surface area contributed by atoms with Crippen LogP contribution in [0.4, 0.5) is 5.69 Å². The molecule has 1 N–H and O–H groups in total. The molecule has 0 radical (unpaired) electrons. The van der Waals surface area contributed by atoms with Gasteiger partial charge in [0.1, 0.15) is 16.5 Å². The molecule has 0 aliphatic carbocycles. The van der Waals surface area contributed by atoms with Crippen molar-refractivity contribution in [1.29, 1.82) is 0 Å². The van der Waals surface area contributed by atoms with Gasteiger partial charge in [-0.3, -0.25) is 9.69 Å². The van der Waals surface area contributed by atoms with Crippen LogP contribution < -0.4 is 5.32 Å². The molecule has 0 bridgehead atoms. The van der Waals surface area contributed by atoms with Crippen LogP contribution in [0.15, 0.2) is 46.9 Å². The van der Waals surface area contributed by atoms with Crippen molar-refractivity contribution < 1.29 is 9.21 Å². The van der Waals surface area contributed by atoms with Crippen molar-refractivity contribution in [2.45, 2.75) is 38.8 Å². The third kappa shape index (κ3) is 4.26. The second-order valence-electron chi connectivity index (χ2n) is 6.75. The summed E-state index contributed by atoms with van der Waals surface area (Å²) in [5, 5.41) is 12.4. The Hall–Kier alpha value is -2.51. The van der Waals surface area contributed by atoms with Crippen molar-refractivity contribution >= 4 is 22.9 Å². The van der Waals surface area contributed by atoms with Gasteiger partial charge in [0.25, 0.3) is 5.91 Å². The number of hydrogen-bond donors (Lipinski definition) is 1. The Morgan fingerprint density at radius 3 is 2.85 bits per heavy atom. The summed E-state index contributed by atoms with van der Waals surface area (Å²) >= 11 is 1.35. The topological polar surface area (TPSA) is 71.3 Å². The molecule has 1 aliphatic rings. The number of carbonyl (C=O) groups is 1. The molecule has 6 nitrogen and oxygen atoms in total. The highest BCUT2D eigenvalue weighted by molar-refractivity contribution is 7.13. The van der Waals surface area contributed by atoms with E-state index in [0.717, 1.165) is 41.6 Å². The number of carbonyl (C=O) groups excluding carboxylic acids is 1. The number of rotatable bonds is 5. The number of aromatic nitrogens is 2. The van der Waals surface area contributed by atoms with Crippen molar-refractivity contribution in [3.8, 4) is 0 Å². The van der Waals surface area contributed by atoms with Crippen LogP contribution in [0.3, 0.4) is 0 Å². The van der Waals surface area contributed by atoms with Gasteiger partial charge in [-0.1, -0.05) is 36.0 Å². The molecule has 1 aromatic carbocycles. The number of nitrogens with one attached hydrogen (secondary N) is 1. The van der Waals surface area contributed by atoms with E-state index in [4.69, 9.17) is 4.42 Å². The van der Waals surface area contributed by atoms with E-state index in [0.29, 0.717) is 11.6 Å². The summed E-state index contributed by atoms with van der Waals surface area (Å²) in [6, 6.07) is 13.7. The molecule has 0 spiro atoms. The molecule has 1 aliphatic heterocycles. The first-order chi connectivity index (χ1) is 13.2. The lowest BCUT2D eigenvalue weighted by Gasteiger charge is -2.33. The number of para-hydroxylation sites is 1. The number of piperidine rings is 1. The van der Waals surface area contributed by atoms with E-state index in [-0.39, 0.29) is 11.9 Å². The fourth-order valence-corrected chi connectivity index (χ4v) is 4.18. The monoisotopic (exact) mass is 382 g/mol. The molecule has 1 unspecified atom stereocenters. The van der Waals surface area contributed by atoms with E-state index in [1.807, 2.05) is 43.3 Å². The second kappa shape index (κ2) is 8.02. The molecule has 1 atom stereocenters. The van der Waals surface area contributed by atoms with E-state index >= 15 is 0 Å². The van der Waals surface area contributed by atoms with Crippen LogP contribution in [0, 0.1) is 6.92 Å². The van der Waals surface area contributed by atoms with E-state index in [2.05, 4.69) is 26.5 Å². The van der Waals surface area contributed by atoms with Crippen LogP contribution >= 0.6 is 11.3 Å². The zero-order chi connectivity index (χ0) is 18.6. The number of amides is 1. The minimum Gasteiger partial charge on any atom is -0.465 e. The van der Waals surface area contributed by atoms with Crippen molar-refractivity contribution in [2.24, 2.45) is 0 Å². The Balaban J connectivity index is 1.44. The predicted octanol–water partition coefficient (Wildman–Crippen LogP) is 4.42. The molecule has 1 fully saturated rings. The minimum absolute atomic E-state index is 0.221. The molecule has 4 rings (SSSR count). The van der Waals surface area contributed by atoms with Crippen molar-refractivity contribution in [2.75, 3.05) is 11.9 Å². The average molecular weight is 382 g/mol. The van der Waals surface area contributed by atoms with Crippen LogP contribution in [0.25, 0.3) is 0 Å². The summed E-state index contributed by atoms with van der Waals surface area (Å²) in [6.07, 6.45) is 3.44. The Kier molecular flexibility index (Phi) is 5.31. The van der Waals surface area contributed by atoms with Gasteiger partial charge < -0.3 is 9.73 Å². The average Bonchev–Trinajstić information content (AvgIpc) is 3.32. The maximum absolute atomic E-state index is 12.4. The van der Waals surface area contributed by atoms with Crippen LogP contribution in [0.2, 0.25) is 0 Å². The van der Waals surface area contributed by atoms with Crippen LogP contribution in [0.1, 0.15) is 51.6 Å². The van der Waals surface area contributed by atoms with Gasteiger partial charge >= 0.3 is 0 Å². The van der Waals surface area contributed by atoms with Crippen molar-refractivity contribution in [1.82, 2.24) is 15.1 Å². The van der Waals surface area contributed by atoms with E-state index in [9.17, 15) is 4.79 Å². The highest BCUT2D eigenvalue weighted by Crippen LogP contribution is 2.33. The molecular formula is C20H22N4O2S. The minimum atomic E-state index is -0.221. The zero-order valence-corrected chi connectivity index (χ0v) is 16.0. The summed E-state index contributed by atoms with van der Waals surface area (Å²) in [6.45, 7) is 3.65. The molecule has 3 heterocycles. The number of likely N-dealkylation sites (tertiary alicyclic amines) is 1. The van der Waals surface area contributed by atoms with Gasteiger partial charge in [0.15, 0.2) is 0 Å². The lowest BCUT2D eigenvalue weighted by atomic mass is 10.0. The lowest BCUT2D eigenvalue weighted by molar-refractivity contribution is 0.102. The molecule has 27 heavy (non-hydrogen) atoms. The van der Waals surface area contributed by atoms with Gasteiger partial charge in [-0.2, -0.15) is 0 Å². The molecule has 0 saturated carbocycles. The lowest BCUT2D eigenvalue weighted by Crippen LogP contribution is -2.32. The Bertz CT molecular complexity index is 906. The fraction of sp³-hybridized carbons (Fsp3) is 0.350. The van der Waals surface area contributed by atoms with Gasteiger partial charge in [-0.05, 0) is 50.6 Å². The summed E-state index contributed by atoms with van der Waals surface area (Å²) in [5.74, 6) is 1.73. The molecule has 2 aromatic heterocycles. The molecule has 1 saturated heterocycles. The van der Waals surface area contributed by atoms with Gasteiger partial charge in [0.05, 0.1) is 12.6 Å². The molecule has 140 valence electrons. The largest absolute Gasteiger partial charge is 0.465 e. The number of furan rings is 1. The zero-order valence-electron chi connectivity index (χ0n) is 15.2. The second-order valence-corrected chi connectivity index (χ2v) is 7.81. The Morgan fingerprint density at radius 2 is 2.07 bits per heavy atom. The summed E-state index contributed by atoms with van der Waals surface area (Å²) < 4.78 is 5.86. The first-order valence-electron chi connectivity index (χ1n) is 9.18. The highest BCUT2D eigenvalue weighted by atomic mass is 32.1. The SMILES string of the molecule is Cc1ccc(C2CCCCN2Cc2nnc(C(=O)Nc3ccccc3)s2)o1. The third-order valence-electron chi connectivity index (χ3n) is 4.73. The van der Waals surface area contributed by atoms with Crippen molar-refractivity contribution in [3.05, 3.63) is 64.0 Å². The van der Waals surface area contributed by atoms with Crippen molar-refractivity contribution in [3.63, 3.8) is 0 Å². The van der Waals surface area contributed by atoms with Gasteiger partial charge in [-0.25, -0.2) is 0 Å². The quantitative estimate of drug-likeness (QED) is 0.707. The number of benzene rings is 1. The summed E-state index contributed by atoms with van der Waals surface area (Å²) in [5.41, 5.74) is 0.753. The smallest absolute Gasteiger partial charge is 0.286 e. The maximum Gasteiger partial charge on any atom is 0.286 e.